The van der Waals surface area contributed by atoms with Gasteiger partial charge in [0.05, 0.1) is 17.1 Å². The van der Waals surface area contributed by atoms with E-state index in [0.29, 0.717) is 17.9 Å². The number of halogens is 1. The maximum atomic E-state index is 13.0. The Bertz CT molecular complexity index is 1150. The van der Waals surface area contributed by atoms with Crippen LogP contribution in [-0.2, 0) is 26.2 Å². The quantitative estimate of drug-likeness (QED) is 0.458. The van der Waals surface area contributed by atoms with Gasteiger partial charge in [-0.2, -0.15) is 9.29 Å². The Balaban J connectivity index is 1.60. The number of rotatable bonds is 9. The number of benzene rings is 2. The largest absolute Gasteiger partial charge is 0.493 e. The molecule has 0 atom stereocenters. The highest BCUT2D eigenvalue weighted by molar-refractivity contribution is 7.89. The van der Waals surface area contributed by atoms with Crippen LogP contribution in [0.3, 0.4) is 0 Å². The van der Waals surface area contributed by atoms with Gasteiger partial charge in [-0.1, -0.05) is 17.3 Å². The molecule has 0 saturated carbocycles. The first kappa shape index (κ1) is 22.4. The highest BCUT2D eigenvalue weighted by Crippen LogP contribution is 2.27. The molecule has 0 aliphatic rings. The third kappa shape index (κ3) is 5.44. The number of para-hydroxylation sites is 1. The topological polar surface area (TPSA) is 112 Å². The molecule has 0 amide bonds. The zero-order chi connectivity index (χ0) is 22.4. The van der Waals surface area contributed by atoms with Gasteiger partial charge in [-0.25, -0.2) is 12.8 Å². The maximum Gasteiger partial charge on any atom is 0.321 e. The summed E-state index contributed by atoms with van der Waals surface area (Å²) in [5.41, 5.74) is 0.621. The van der Waals surface area contributed by atoms with Crippen LogP contribution in [-0.4, -0.2) is 49.0 Å². The summed E-state index contributed by atoms with van der Waals surface area (Å²) in [5.74, 6) is -0.488. The number of aromatic nitrogens is 2. The smallest absolute Gasteiger partial charge is 0.321 e. The lowest BCUT2D eigenvalue weighted by atomic mass is 10.2. The van der Waals surface area contributed by atoms with Gasteiger partial charge >= 0.3 is 5.97 Å². The summed E-state index contributed by atoms with van der Waals surface area (Å²) < 4.78 is 54.4. The monoisotopic (exact) mass is 449 g/mol. The third-order valence-corrected chi connectivity index (χ3v) is 5.94. The molecular formula is C20H20FN3O6S. The number of carbonyl (C=O) groups excluding carboxylic acids is 1. The van der Waals surface area contributed by atoms with Gasteiger partial charge in [-0.3, -0.25) is 4.79 Å². The zero-order valence-corrected chi connectivity index (χ0v) is 17.6. The zero-order valence-electron chi connectivity index (χ0n) is 16.8. The van der Waals surface area contributed by atoms with E-state index in [9.17, 15) is 17.6 Å². The number of sulfonamides is 1. The molecule has 0 fully saturated rings. The minimum atomic E-state index is -3.98. The summed E-state index contributed by atoms with van der Waals surface area (Å²) >= 11 is 0. The summed E-state index contributed by atoms with van der Waals surface area (Å²) in [5, 5.41) is 3.86. The summed E-state index contributed by atoms with van der Waals surface area (Å²) in [7, 11) is -2.76. The number of ether oxygens (including phenoxy) is 2. The van der Waals surface area contributed by atoms with E-state index >= 15 is 0 Å². The van der Waals surface area contributed by atoms with Crippen molar-refractivity contribution in [3.63, 3.8) is 0 Å². The van der Waals surface area contributed by atoms with Crippen LogP contribution in [0.2, 0.25) is 0 Å². The first-order chi connectivity index (χ1) is 14.8. The second-order valence-electron chi connectivity index (χ2n) is 6.32. The minimum absolute atomic E-state index is 0.0405. The molecule has 3 aromatic rings. The van der Waals surface area contributed by atoms with Gasteiger partial charge in [0.15, 0.2) is 6.61 Å². The van der Waals surface area contributed by atoms with Crippen LogP contribution in [0, 0.1) is 5.82 Å². The summed E-state index contributed by atoms with van der Waals surface area (Å²) in [4.78, 5) is 16.1. The second kappa shape index (κ2) is 9.67. The van der Waals surface area contributed by atoms with Crippen LogP contribution in [0.5, 0.6) is 5.75 Å². The van der Waals surface area contributed by atoms with E-state index in [1.54, 1.807) is 18.2 Å². The molecule has 0 N–H and O–H groups in total. The molecule has 31 heavy (non-hydrogen) atoms. The van der Waals surface area contributed by atoms with Crippen LogP contribution >= 0.6 is 0 Å². The number of likely N-dealkylation sites (N-methyl/N-ethyl adjacent to an activating group) is 1. The van der Waals surface area contributed by atoms with Gasteiger partial charge in [-0.15, -0.1) is 0 Å². The van der Waals surface area contributed by atoms with E-state index in [1.807, 2.05) is 13.0 Å². The van der Waals surface area contributed by atoms with E-state index in [2.05, 4.69) is 10.1 Å². The van der Waals surface area contributed by atoms with Crippen LogP contribution in [0.25, 0.3) is 11.4 Å². The summed E-state index contributed by atoms with van der Waals surface area (Å²) in [6.07, 6.45) is 0. The highest BCUT2D eigenvalue weighted by Gasteiger charge is 2.24. The van der Waals surface area contributed by atoms with E-state index in [4.69, 9.17) is 14.0 Å². The molecule has 11 heteroatoms. The molecule has 3 rings (SSSR count). The molecule has 1 aromatic heterocycles. The van der Waals surface area contributed by atoms with Crippen molar-refractivity contribution in [1.82, 2.24) is 14.4 Å². The summed E-state index contributed by atoms with van der Waals surface area (Å²) in [6.45, 7) is 1.44. The van der Waals surface area contributed by atoms with E-state index in [1.165, 1.54) is 7.05 Å². The molecule has 0 spiro atoms. The Labute approximate surface area is 178 Å². The fraction of sp³-hybridized carbons (Fsp3) is 0.250. The van der Waals surface area contributed by atoms with Crippen molar-refractivity contribution >= 4 is 16.0 Å². The molecule has 0 bridgehead atoms. The Morgan fingerprint density at radius 2 is 1.87 bits per heavy atom. The van der Waals surface area contributed by atoms with Gasteiger partial charge in [0.1, 0.15) is 18.1 Å². The Morgan fingerprint density at radius 3 is 2.58 bits per heavy atom. The highest BCUT2D eigenvalue weighted by atomic mass is 32.2. The van der Waals surface area contributed by atoms with E-state index in [0.717, 1.165) is 28.6 Å². The average Bonchev–Trinajstić information content (AvgIpc) is 3.22. The van der Waals surface area contributed by atoms with Gasteiger partial charge in [0, 0.05) is 7.05 Å². The van der Waals surface area contributed by atoms with Crippen molar-refractivity contribution in [2.75, 3.05) is 20.2 Å². The molecular weight excluding hydrogens is 429 g/mol. The van der Waals surface area contributed by atoms with Crippen LogP contribution in [0.4, 0.5) is 4.39 Å². The molecule has 0 radical (unpaired) electrons. The minimum Gasteiger partial charge on any atom is -0.493 e. The normalized spacial score (nSPS) is 11.5. The number of carbonyl (C=O) groups is 1. The van der Waals surface area contributed by atoms with Crippen LogP contribution < -0.4 is 4.74 Å². The molecule has 9 nitrogen and oxygen atoms in total. The van der Waals surface area contributed by atoms with Gasteiger partial charge in [0.2, 0.25) is 15.8 Å². The first-order valence-electron chi connectivity index (χ1n) is 9.23. The number of hydrogen-bond acceptors (Lipinski definition) is 8. The third-order valence-electron chi connectivity index (χ3n) is 4.13. The lowest BCUT2D eigenvalue weighted by Gasteiger charge is -2.16. The van der Waals surface area contributed by atoms with Gasteiger partial charge in [0.25, 0.3) is 5.89 Å². The van der Waals surface area contributed by atoms with E-state index in [-0.39, 0.29) is 23.2 Å². The number of nitrogens with zero attached hydrogens (tertiary/aromatic N) is 3. The van der Waals surface area contributed by atoms with Gasteiger partial charge in [-0.05, 0) is 43.3 Å². The molecule has 0 unspecified atom stereocenters. The van der Waals surface area contributed by atoms with Crippen molar-refractivity contribution in [1.29, 1.82) is 0 Å². The molecule has 1 heterocycles. The van der Waals surface area contributed by atoms with Crippen molar-refractivity contribution in [2.45, 2.75) is 18.4 Å². The lowest BCUT2D eigenvalue weighted by molar-refractivity contribution is -0.145. The standard InChI is InChI=1S/C20H20FN3O6S/c1-3-28-17-7-5-4-6-16(17)20-22-18(30-23-20)13-29-19(25)12-24(2)31(26,27)15-10-8-14(21)9-11-15/h4-11H,3,12-13H2,1-2H3. The lowest BCUT2D eigenvalue weighted by Crippen LogP contribution is -2.33. The SMILES string of the molecule is CCOc1ccccc1-c1noc(COC(=O)CN(C)S(=O)(=O)c2ccc(F)cc2)n1. The van der Waals surface area contributed by atoms with E-state index < -0.39 is 28.4 Å². The predicted octanol–water partition coefficient (Wildman–Crippen LogP) is 2.64. The maximum absolute atomic E-state index is 13.0. The Kier molecular flexibility index (Phi) is 6.98. The van der Waals surface area contributed by atoms with Gasteiger partial charge < -0.3 is 14.0 Å². The molecule has 0 aliphatic carbocycles. The van der Waals surface area contributed by atoms with Crippen molar-refractivity contribution < 1.29 is 31.6 Å². The van der Waals surface area contributed by atoms with Crippen molar-refractivity contribution in [2.24, 2.45) is 0 Å². The van der Waals surface area contributed by atoms with Crippen molar-refractivity contribution in [3.05, 3.63) is 60.2 Å². The summed E-state index contributed by atoms with van der Waals surface area (Å²) in [6, 6.07) is 11.4. The Morgan fingerprint density at radius 1 is 1.16 bits per heavy atom. The molecule has 0 saturated heterocycles. The van der Waals surface area contributed by atoms with Crippen LogP contribution in [0.1, 0.15) is 12.8 Å². The Hall–Kier alpha value is -3.31. The fourth-order valence-corrected chi connectivity index (χ4v) is 3.71. The average molecular weight is 449 g/mol. The van der Waals surface area contributed by atoms with Crippen molar-refractivity contribution in [3.8, 4) is 17.1 Å². The second-order valence-corrected chi connectivity index (χ2v) is 8.36. The van der Waals surface area contributed by atoms with Crippen LogP contribution in [0.15, 0.2) is 57.9 Å². The first-order valence-corrected chi connectivity index (χ1v) is 10.7. The number of hydrogen-bond donors (Lipinski definition) is 0. The predicted molar refractivity (Wildman–Crippen MR) is 107 cm³/mol. The molecule has 2 aromatic carbocycles. The fourth-order valence-electron chi connectivity index (χ4n) is 2.60. The number of esters is 1. The molecule has 164 valence electrons. The molecule has 0 aliphatic heterocycles.